The Balaban J connectivity index is 1.74. The van der Waals surface area contributed by atoms with Gasteiger partial charge in [0.15, 0.2) is 5.82 Å². The van der Waals surface area contributed by atoms with Crippen LogP contribution >= 0.6 is 15.9 Å². The molecule has 1 atom stereocenters. The number of amides is 1. The van der Waals surface area contributed by atoms with Gasteiger partial charge in [0.1, 0.15) is 4.60 Å². The highest BCUT2D eigenvalue weighted by Crippen LogP contribution is 2.15. The molecule has 2 N–H and O–H groups in total. The predicted octanol–water partition coefficient (Wildman–Crippen LogP) is 1.57. The Bertz CT molecular complexity index is 376. The molecule has 92 valence electrons. The van der Waals surface area contributed by atoms with Crippen LogP contribution in [0.25, 0.3) is 0 Å². The quantitative estimate of drug-likeness (QED) is 0.885. The summed E-state index contributed by atoms with van der Waals surface area (Å²) in [6.45, 7) is 2.11. The highest BCUT2D eigenvalue weighted by atomic mass is 79.9. The van der Waals surface area contributed by atoms with Crippen molar-refractivity contribution in [1.29, 1.82) is 0 Å². The van der Waals surface area contributed by atoms with Gasteiger partial charge >= 0.3 is 0 Å². The van der Waals surface area contributed by atoms with E-state index >= 15 is 0 Å². The van der Waals surface area contributed by atoms with Crippen LogP contribution in [0, 0.1) is 5.92 Å². The van der Waals surface area contributed by atoms with Crippen LogP contribution in [0.5, 0.6) is 0 Å². The first-order chi connectivity index (χ1) is 8.24. The van der Waals surface area contributed by atoms with Crippen LogP contribution in [0.3, 0.4) is 0 Å². The zero-order valence-corrected chi connectivity index (χ0v) is 11.0. The first kappa shape index (κ1) is 12.4. The molecule has 1 saturated heterocycles. The number of carbonyl (C=O) groups excluding carboxylic acids is 1. The zero-order valence-electron chi connectivity index (χ0n) is 9.45. The maximum Gasteiger partial charge on any atom is 0.225 e. The Kier molecular flexibility index (Phi) is 4.44. The lowest BCUT2D eigenvalue weighted by molar-refractivity contribution is -0.116. The van der Waals surface area contributed by atoms with Crippen molar-refractivity contribution in [2.24, 2.45) is 5.92 Å². The van der Waals surface area contributed by atoms with Crippen LogP contribution in [0.1, 0.15) is 19.3 Å². The summed E-state index contributed by atoms with van der Waals surface area (Å²) >= 11 is 3.19. The van der Waals surface area contributed by atoms with E-state index in [1.807, 2.05) is 0 Å². The fourth-order valence-electron chi connectivity index (χ4n) is 1.88. The lowest BCUT2D eigenvalue weighted by Crippen LogP contribution is -2.15. The number of halogens is 1. The van der Waals surface area contributed by atoms with E-state index in [0.717, 1.165) is 19.5 Å². The van der Waals surface area contributed by atoms with Gasteiger partial charge in [0, 0.05) is 6.42 Å². The summed E-state index contributed by atoms with van der Waals surface area (Å²) in [4.78, 5) is 19.7. The molecular formula is C11H15BrN4O. The Morgan fingerprint density at radius 2 is 2.41 bits per heavy atom. The first-order valence-corrected chi connectivity index (χ1v) is 6.51. The van der Waals surface area contributed by atoms with Gasteiger partial charge in [-0.15, -0.1) is 0 Å². The largest absolute Gasteiger partial charge is 0.316 e. The number of hydrogen-bond acceptors (Lipinski definition) is 4. The highest BCUT2D eigenvalue weighted by molar-refractivity contribution is 9.10. The minimum atomic E-state index is 0.00789. The molecule has 1 aromatic rings. The fourth-order valence-corrected chi connectivity index (χ4v) is 2.08. The van der Waals surface area contributed by atoms with Gasteiger partial charge in [-0.05, 0) is 47.8 Å². The molecule has 17 heavy (non-hydrogen) atoms. The van der Waals surface area contributed by atoms with Gasteiger partial charge in [0.2, 0.25) is 5.91 Å². The van der Waals surface area contributed by atoms with Crippen LogP contribution in [0.4, 0.5) is 5.82 Å². The molecule has 0 aliphatic carbocycles. The van der Waals surface area contributed by atoms with E-state index in [4.69, 9.17) is 0 Å². The molecule has 1 amide bonds. The van der Waals surface area contributed by atoms with Gasteiger partial charge in [0.05, 0.1) is 12.4 Å². The standard InChI is InChI=1S/C11H15BrN4O/c12-9-6-15-10(7-14-9)16-11(17)2-1-8-3-4-13-5-8/h6-8,13H,1-5H2,(H,15,16,17). The summed E-state index contributed by atoms with van der Waals surface area (Å²) in [6.07, 6.45) is 5.76. The maximum atomic E-state index is 11.6. The van der Waals surface area contributed by atoms with Gasteiger partial charge in [0.25, 0.3) is 0 Å². The number of rotatable bonds is 4. The van der Waals surface area contributed by atoms with Crippen LogP contribution in [-0.4, -0.2) is 29.0 Å². The molecule has 0 aromatic carbocycles. The summed E-state index contributed by atoms with van der Waals surface area (Å²) in [5.74, 6) is 1.15. The normalized spacial score (nSPS) is 19.2. The molecule has 0 radical (unpaired) electrons. The third-order valence-corrected chi connectivity index (χ3v) is 3.24. The van der Waals surface area contributed by atoms with E-state index < -0.39 is 0 Å². The van der Waals surface area contributed by atoms with Crippen LogP contribution in [-0.2, 0) is 4.79 Å². The van der Waals surface area contributed by atoms with E-state index in [1.54, 1.807) is 12.4 Å². The molecule has 1 aliphatic rings. The molecule has 2 rings (SSSR count). The van der Waals surface area contributed by atoms with Crippen LogP contribution < -0.4 is 10.6 Å². The Labute approximate surface area is 109 Å². The van der Waals surface area contributed by atoms with Crippen molar-refractivity contribution >= 4 is 27.7 Å². The van der Waals surface area contributed by atoms with Crippen molar-refractivity contribution in [2.45, 2.75) is 19.3 Å². The topological polar surface area (TPSA) is 66.9 Å². The number of anilines is 1. The molecule has 1 unspecified atom stereocenters. The number of hydrogen-bond donors (Lipinski definition) is 2. The highest BCUT2D eigenvalue weighted by Gasteiger charge is 2.15. The molecule has 5 nitrogen and oxygen atoms in total. The average molecular weight is 299 g/mol. The summed E-state index contributed by atoms with van der Waals surface area (Å²) in [6, 6.07) is 0. The number of nitrogens with one attached hydrogen (secondary N) is 2. The molecule has 1 aromatic heterocycles. The molecule has 6 heteroatoms. The van der Waals surface area contributed by atoms with Crippen molar-refractivity contribution in [3.05, 3.63) is 17.0 Å². The van der Waals surface area contributed by atoms with Gasteiger partial charge in [-0.1, -0.05) is 0 Å². The van der Waals surface area contributed by atoms with Gasteiger partial charge in [-0.2, -0.15) is 0 Å². The minimum Gasteiger partial charge on any atom is -0.316 e. The lowest BCUT2D eigenvalue weighted by atomic mass is 10.0. The molecule has 1 aliphatic heterocycles. The second kappa shape index (κ2) is 6.07. The minimum absolute atomic E-state index is 0.00789. The van der Waals surface area contributed by atoms with Crippen molar-refractivity contribution in [1.82, 2.24) is 15.3 Å². The maximum absolute atomic E-state index is 11.6. The SMILES string of the molecule is O=C(CCC1CCNC1)Nc1cnc(Br)cn1. The molecule has 0 bridgehead atoms. The second-order valence-corrected chi connectivity index (χ2v) is 4.98. The van der Waals surface area contributed by atoms with Crippen molar-refractivity contribution < 1.29 is 4.79 Å². The lowest BCUT2D eigenvalue weighted by Gasteiger charge is -2.07. The van der Waals surface area contributed by atoms with E-state index in [2.05, 4.69) is 36.5 Å². The molecule has 0 spiro atoms. The van der Waals surface area contributed by atoms with Crippen molar-refractivity contribution in [2.75, 3.05) is 18.4 Å². The molecule has 2 heterocycles. The smallest absolute Gasteiger partial charge is 0.225 e. The summed E-state index contributed by atoms with van der Waals surface area (Å²) in [7, 11) is 0. The fraction of sp³-hybridized carbons (Fsp3) is 0.545. The summed E-state index contributed by atoms with van der Waals surface area (Å²) in [5, 5.41) is 6.03. The second-order valence-electron chi connectivity index (χ2n) is 4.17. The van der Waals surface area contributed by atoms with E-state index in [-0.39, 0.29) is 5.91 Å². The third kappa shape index (κ3) is 4.05. The number of aromatic nitrogens is 2. The molecular weight excluding hydrogens is 284 g/mol. The van der Waals surface area contributed by atoms with Crippen molar-refractivity contribution in [3.8, 4) is 0 Å². The van der Waals surface area contributed by atoms with Crippen LogP contribution in [0.2, 0.25) is 0 Å². The first-order valence-electron chi connectivity index (χ1n) is 5.72. The predicted molar refractivity (Wildman–Crippen MR) is 68.6 cm³/mol. The Morgan fingerprint density at radius 3 is 3.06 bits per heavy atom. The Hall–Kier alpha value is -1.01. The van der Waals surface area contributed by atoms with Crippen molar-refractivity contribution in [3.63, 3.8) is 0 Å². The Morgan fingerprint density at radius 1 is 1.53 bits per heavy atom. The van der Waals surface area contributed by atoms with Crippen LogP contribution in [0.15, 0.2) is 17.0 Å². The number of nitrogens with zero attached hydrogens (tertiary/aromatic N) is 2. The summed E-state index contributed by atoms with van der Waals surface area (Å²) in [5.41, 5.74) is 0. The monoisotopic (exact) mass is 298 g/mol. The third-order valence-electron chi connectivity index (χ3n) is 2.83. The van der Waals surface area contributed by atoms with E-state index in [0.29, 0.717) is 22.8 Å². The average Bonchev–Trinajstić information content (AvgIpc) is 2.83. The zero-order chi connectivity index (χ0) is 12.1. The molecule has 1 fully saturated rings. The number of carbonyl (C=O) groups is 1. The van der Waals surface area contributed by atoms with E-state index in [1.165, 1.54) is 6.42 Å². The van der Waals surface area contributed by atoms with E-state index in [9.17, 15) is 4.79 Å². The van der Waals surface area contributed by atoms with Gasteiger partial charge < -0.3 is 10.6 Å². The summed E-state index contributed by atoms with van der Waals surface area (Å²) < 4.78 is 0.660. The van der Waals surface area contributed by atoms with Gasteiger partial charge in [-0.3, -0.25) is 4.79 Å². The molecule has 0 saturated carbocycles. The van der Waals surface area contributed by atoms with Gasteiger partial charge in [-0.25, -0.2) is 9.97 Å².